The lowest BCUT2D eigenvalue weighted by molar-refractivity contribution is -0.139. The first-order valence-corrected chi connectivity index (χ1v) is 9.44. The quantitative estimate of drug-likeness (QED) is 0.825. The topological polar surface area (TPSA) is 64.1 Å². The van der Waals surface area contributed by atoms with Crippen LogP contribution in [0, 0.1) is 0 Å². The van der Waals surface area contributed by atoms with Gasteiger partial charge in [-0.1, -0.05) is 12.8 Å². The van der Waals surface area contributed by atoms with Crippen molar-refractivity contribution in [2.45, 2.75) is 64.0 Å². The van der Waals surface area contributed by atoms with Gasteiger partial charge in [0.2, 0.25) is 5.91 Å². The molecule has 0 aromatic carbocycles. The van der Waals surface area contributed by atoms with E-state index in [4.69, 9.17) is 5.11 Å². The molecule has 0 radical (unpaired) electrons. The van der Waals surface area contributed by atoms with Crippen molar-refractivity contribution >= 4 is 11.9 Å². The molecule has 24 heavy (non-hydrogen) atoms. The highest BCUT2D eigenvalue weighted by Crippen LogP contribution is 2.19. The molecule has 6 heteroatoms. The predicted octanol–water partition coefficient (Wildman–Crippen LogP) is 1.65. The molecule has 0 bridgehead atoms. The number of carbonyl (C=O) groups excluding carboxylic acids is 1. The maximum absolute atomic E-state index is 12.9. The third-order valence-electron chi connectivity index (χ3n) is 5.56. The third-order valence-corrected chi connectivity index (χ3v) is 5.56. The van der Waals surface area contributed by atoms with E-state index in [1.165, 1.54) is 25.7 Å². The van der Waals surface area contributed by atoms with Crippen molar-refractivity contribution in [2.75, 3.05) is 39.8 Å². The summed E-state index contributed by atoms with van der Waals surface area (Å²) in [6, 6.07) is 0.226. The Kier molecular flexibility index (Phi) is 7.49. The second kappa shape index (κ2) is 9.37. The summed E-state index contributed by atoms with van der Waals surface area (Å²) >= 11 is 0. The van der Waals surface area contributed by atoms with Gasteiger partial charge >= 0.3 is 5.97 Å². The summed E-state index contributed by atoms with van der Waals surface area (Å²) in [6.45, 7) is 5.73. The number of nitrogens with zero attached hydrogens (tertiary/aromatic N) is 3. The summed E-state index contributed by atoms with van der Waals surface area (Å²) in [5.74, 6) is -0.539. The zero-order valence-electron chi connectivity index (χ0n) is 15.2. The van der Waals surface area contributed by atoms with E-state index in [1.54, 1.807) is 0 Å². The average Bonchev–Trinajstić information content (AvgIpc) is 2.95. The van der Waals surface area contributed by atoms with Crippen molar-refractivity contribution in [1.82, 2.24) is 14.7 Å². The highest BCUT2D eigenvalue weighted by molar-refractivity contribution is 5.81. The number of likely N-dealkylation sites (N-methyl/N-ethyl adjacent to an activating group) is 1. The number of likely N-dealkylation sites (tertiary alicyclic amines) is 2. The molecular formula is C18H33N3O3. The van der Waals surface area contributed by atoms with Crippen LogP contribution < -0.4 is 0 Å². The summed E-state index contributed by atoms with van der Waals surface area (Å²) in [5.41, 5.74) is 0. The largest absolute Gasteiger partial charge is 0.480 e. The summed E-state index contributed by atoms with van der Waals surface area (Å²) < 4.78 is 0. The van der Waals surface area contributed by atoms with Crippen molar-refractivity contribution < 1.29 is 14.7 Å². The predicted molar refractivity (Wildman–Crippen MR) is 94.0 cm³/mol. The molecule has 0 aromatic rings. The first kappa shape index (κ1) is 19.2. The van der Waals surface area contributed by atoms with Gasteiger partial charge in [-0.15, -0.1) is 0 Å². The summed E-state index contributed by atoms with van der Waals surface area (Å²) in [5, 5.41) is 8.95. The minimum Gasteiger partial charge on any atom is -0.480 e. The van der Waals surface area contributed by atoms with Crippen LogP contribution in [0.15, 0.2) is 0 Å². The number of aliphatic carboxylic acids is 1. The normalized spacial score (nSPS) is 25.1. The van der Waals surface area contributed by atoms with Gasteiger partial charge < -0.3 is 10.0 Å². The van der Waals surface area contributed by atoms with Crippen LogP contribution >= 0.6 is 0 Å². The van der Waals surface area contributed by atoms with E-state index in [0.717, 1.165) is 45.4 Å². The first-order chi connectivity index (χ1) is 11.5. The van der Waals surface area contributed by atoms with Crippen molar-refractivity contribution in [3.8, 4) is 0 Å². The zero-order chi connectivity index (χ0) is 17.5. The molecule has 6 nitrogen and oxygen atoms in total. The van der Waals surface area contributed by atoms with Gasteiger partial charge in [0.05, 0.1) is 12.6 Å². The van der Waals surface area contributed by atoms with Crippen LogP contribution in [0.2, 0.25) is 0 Å². The highest BCUT2D eigenvalue weighted by atomic mass is 16.4. The molecule has 2 atom stereocenters. The molecule has 2 saturated heterocycles. The summed E-state index contributed by atoms with van der Waals surface area (Å²) in [4.78, 5) is 30.0. The molecule has 138 valence electrons. The van der Waals surface area contributed by atoms with Crippen LogP contribution in [0.5, 0.6) is 0 Å². The van der Waals surface area contributed by atoms with Crippen molar-refractivity contribution in [1.29, 1.82) is 0 Å². The lowest BCUT2D eigenvalue weighted by Gasteiger charge is -2.31. The molecule has 2 fully saturated rings. The van der Waals surface area contributed by atoms with Gasteiger partial charge in [-0.05, 0) is 59.2 Å². The van der Waals surface area contributed by atoms with Crippen LogP contribution in [0.25, 0.3) is 0 Å². The minimum absolute atomic E-state index is 0.0311. The number of rotatable bonds is 5. The molecule has 2 aliphatic rings. The monoisotopic (exact) mass is 339 g/mol. The second-order valence-corrected chi connectivity index (χ2v) is 7.35. The van der Waals surface area contributed by atoms with Gasteiger partial charge in [0.1, 0.15) is 0 Å². The fourth-order valence-electron chi connectivity index (χ4n) is 3.99. The van der Waals surface area contributed by atoms with Crippen LogP contribution in [0.3, 0.4) is 0 Å². The molecule has 2 aliphatic heterocycles. The number of carboxylic acid groups (broad SMARTS) is 1. The Morgan fingerprint density at radius 1 is 1.04 bits per heavy atom. The highest BCUT2D eigenvalue weighted by Gasteiger charge is 2.29. The van der Waals surface area contributed by atoms with Gasteiger partial charge in [-0.25, -0.2) is 0 Å². The van der Waals surface area contributed by atoms with E-state index in [1.807, 2.05) is 23.8 Å². The van der Waals surface area contributed by atoms with Gasteiger partial charge in [-0.3, -0.25) is 19.4 Å². The van der Waals surface area contributed by atoms with Gasteiger partial charge in [0.25, 0.3) is 0 Å². The smallest absolute Gasteiger partial charge is 0.317 e. The Hall–Kier alpha value is -1.14. The standard InChI is InChI=1S/C18H33N3O3/c1-15(20-10-5-3-4-6-11-20)18(24)21-12-7-8-16(9-13-21)19(2)14-17(22)23/h15-16H,3-14H2,1-2H3,(H,22,23). The molecule has 2 heterocycles. The van der Waals surface area contributed by atoms with Gasteiger partial charge in [0.15, 0.2) is 0 Å². The van der Waals surface area contributed by atoms with E-state index in [-0.39, 0.29) is 24.5 Å². The number of hydrogen-bond donors (Lipinski definition) is 1. The Bertz CT molecular complexity index is 422. The lowest BCUT2D eigenvalue weighted by atomic mass is 10.1. The van der Waals surface area contributed by atoms with E-state index < -0.39 is 5.97 Å². The zero-order valence-corrected chi connectivity index (χ0v) is 15.2. The number of carboxylic acids is 1. The summed E-state index contributed by atoms with van der Waals surface area (Å²) in [7, 11) is 1.87. The van der Waals surface area contributed by atoms with Gasteiger partial charge in [0, 0.05) is 19.1 Å². The number of amides is 1. The molecule has 0 saturated carbocycles. The maximum atomic E-state index is 12.9. The number of hydrogen-bond acceptors (Lipinski definition) is 4. The van der Waals surface area contributed by atoms with E-state index in [2.05, 4.69) is 4.90 Å². The van der Waals surface area contributed by atoms with Crippen molar-refractivity contribution in [3.05, 3.63) is 0 Å². The molecule has 0 aromatic heterocycles. The average molecular weight is 339 g/mol. The van der Waals surface area contributed by atoms with E-state index in [0.29, 0.717) is 0 Å². The SMILES string of the molecule is CC(C(=O)N1CCCC(N(C)CC(=O)O)CC1)N1CCCCCC1. The maximum Gasteiger partial charge on any atom is 0.317 e. The first-order valence-electron chi connectivity index (χ1n) is 9.44. The van der Waals surface area contributed by atoms with Crippen LogP contribution in [0.4, 0.5) is 0 Å². The second-order valence-electron chi connectivity index (χ2n) is 7.35. The Balaban J connectivity index is 1.87. The molecule has 0 spiro atoms. The minimum atomic E-state index is -0.788. The lowest BCUT2D eigenvalue weighted by Crippen LogP contribution is -2.48. The van der Waals surface area contributed by atoms with Crippen LogP contribution in [0.1, 0.15) is 51.9 Å². The van der Waals surface area contributed by atoms with E-state index >= 15 is 0 Å². The van der Waals surface area contributed by atoms with Crippen molar-refractivity contribution in [3.63, 3.8) is 0 Å². The third kappa shape index (κ3) is 5.45. The molecule has 1 N–H and O–H groups in total. The van der Waals surface area contributed by atoms with E-state index in [9.17, 15) is 9.59 Å². The van der Waals surface area contributed by atoms with Crippen LogP contribution in [-0.2, 0) is 9.59 Å². The molecule has 1 amide bonds. The molecular weight excluding hydrogens is 306 g/mol. The Morgan fingerprint density at radius 2 is 1.71 bits per heavy atom. The molecule has 2 unspecified atom stereocenters. The number of carbonyl (C=O) groups is 2. The van der Waals surface area contributed by atoms with Crippen LogP contribution in [-0.4, -0.2) is 83.5 Å². The fraction of sp³-hybridized carbons (Fsp3) is 0.889. The van der Waals surface area contributed by atoms with Crippen molar-refractivity contribution in [2.24, 2.45) is 0 Å². The molecule has 0 aliphatic carbocycles. The Morgan fingerprint density at radius 3 is 2.33 bits per heavy atom. The van der Waals surface area contributed by atoms with Gasteiger partial charge in [-0.2, -0.15) is 0 Å². The Labute approximate surface area is 145 Å². The molecule has 2 rings (SSSR count). The fourth-order valence-corrected chi connectivity index (χ4v) is 3.99. The summed E-state index contributed by atoms with van der Waals surface area (Å²) in [6.07, 6.45) is 7.72.